The van der Waals surface area contributed by atoms with E-state index in [1.165, 1.54) is 56.4 Å². The first-order chi connectivity index (χ1) is 9.85. The molecule has 2 heterocycles. The highest BCUT2D eigenvalue weighted by Gasteiger charge is 2.16. The van der Waals surface area contributed by atoms with Gasteiger partial charge in [-0.15, -0.1) is 0 Å². The van der Waals surface area contributed by atoms with Crippen molar-refractivity contribution >= 4 is 16.6 Å². The summed E-state index contributed by atoms with van der Waals surface area (Å²) in [5, 5.41) is 11.9. The molecule has 1 aromatic heterocycles. The number of rotatable bonds is 4. The van der Waals surface area contributed by atoms with Crippen molar-refractivity contribution in [3.05, 3.63) is 24.4 Å². The number of anilines is 1. The van der Waals surface area contributed by atoms with Crippen LogP contribution >= 0.6 is 0 Å². The van der Waals surface area contributed by atoms with Gasteiger partial charge in [-0.05, 0) is 57.0 Å². The van der Waals surface area contributed by atoms with Crippen LogP contribution in [0.2, 0.25) is 0 Å². The quantitative estimate of drug-likeness (QED) is 0.898. The van der Waals surface area contributed by atoms with E-state index in [1.807, 2.05) is 6.20 Å². The summed E-state index contributed by atoms with van der Waals surface area (Å²) in [6, 6.07) is 7.04. The summed E-state index contributed by atoms with van der Waals surface area (Å²) in [6.45, 7) is 5.99. The Kier molecular flexibility index (Phi) is 4.21. The molecule has 4 heteroatoms. The minimum atomic E-state index is 0.598. The lowest BCUT2D eigenvalue weighted by Gasteiger charge is -2.20. The van der Waals surface area contributed by atoms with Gasteiger partial charge in [-0.1, -0.05) is 6.92 Å². The first-order valence-corrected chi connectivity index (χ1v) is 7.77. The zero-order chi connectivity index (χ0) is 13.8. The molecule has 108 valence electrons. The third-order valence-corrected chi connectivity index (χ3v) is 4.17. The fourth-order valence-corrected chi connectivity index (χ4v) is 3.11. The van der Waals surface area contributed by atoms with Gasteiger partial charge >= 0.3 is 0 Å². The zero-order valence-corrected chi connectivity index (χ0v) is 12.2. The van der Waals surface area contributed by atoms with E-state index in [2.05, 4.69) is 45.5 Å². The fraction of sp³-hybridized carbons (Fsp3) is 0.562. The summed E-state index contributed by atoms with van der Waals surface area (Å²) in [6.07, 6.45) is 6.95. The van der Waals surface area contributed by atoms with E-state index < -0.39 is 0 Å². The Morgan fingerprint density at radius 1 is 1.35 bits per heavy atom. The highest BCUT2D eigenvalue weighted by molar-refractivity contribution is 5.81. The van der Waals surface area contributed by atoms with Crippen LogP contribution in [0.25, 0.3) is 10.9 Å². The molecule has 1 unspecified atom stereocenters. The van der Waals surface area contributed by atoms with Crippen LogP contribution in [-0.2, 0) is 0 Å². The largest absolute Gasteiger partial charge is 0.382 e. The van der Waals surface area contributed by atoms with Crippen molar-refractivity contribution in [3.8, 4) is 0 Å². The number of benzene rings is 1. The van der Waals surface area contributed by atoms with Crippen molar-refractivity contribution in [3.63, 3.8) is 0 Å². The Bertz CT molecular complexity index is 548. The normalized spacial score (nSPS) is 20.9. The van der Waals surface area contributed by atoms with Gasteiger partial charge in [0.2, 0.25) is 0 Å². The van der Waals surface area contributed by atoms with Crippen molar-refractivity contribution in [2.45, 2.75) is 38.6 Å². The van der Waals surface area contributed by atoms with Crippen LogP contribution in [-0.4, -0.2) is 40.8 Å². The van der Waals surface area contributed by atoms with E-state index in [1.54, 1.807) is 0 Å². The Balaban J connectivity index is 1.62. The first kappa shape index (κ1) is 13.4. The molecule has 2 N–H and O–H groups in total. The molecule has 1 aromatic carbocycles. The van der Waals surface area contributed by atoms with Crippen molar-refractivity contribution in [2.24, 2.45) is 0 Å². The van der Waals surface area contributed by atoms with Crippen LogP contribution in [0.1, 0.15) is 32.6 Å². The lowest BCUT2D eigenvalue weighted by atomic mass is 10.1. The van der Waals surface area contributed by atoms with Gasteiger partial charge in [-0.25, -0.2) is 0 Å². The fourth-order valence-electron chi connectivity index (χ4n) is 3.11. The molecule has 0 spiro atoms. The molecule has 0 amide bonds. The Morgan fingerprint density at radius 2 is 2.30 bits per heavy atom. The molecule has 1 aliphatic rings. The van der Waals surface area contributed by atoms with Gasteiger partial charge < -0.3 is 10.2 Å². The average Bonchev–Trinajstić information content (AvgIpc) is 2.81. The third kappa shape index (κ3) is 3.12. The van der Waals surface area contributed by atoms with Crippen molar-refractivity contribution in [1.82, 2.24) is 15.1 Å². The molecular formula is C16H24N4. The first-order valence-electron chi connectivity index (χ1n) is 7.77. The summed E-state index contributed by atoms with van der Waals surface area (Å²) in [4.78, 5) is 2.60. The lowest BCUT2D eigenvalue weighted by molar-refractivity contribution is 0.285. The second-order valence-electron chi connectivity index (χ2n) is 5.79. The van der Waals surface area contributed by atoms with E-state index in [9.17, 15) is 0 Å². The highest BCUT2D eigenvalue weighted by Crippen LogP contribution is 2.20. The smallest absolute Gasteiger partial charge is 0.0651 e. The minimum absolute atomic E-state index is 0.598. The third-order valence-electron chi connectivity index (χ3n) is 4.17. The number of fused-ring (bicyclic) bond motifs is 1. The molecular weight excluding hydrogens is 248 g/mol. The van der Waals surface area contributed by atoms with E-state index in [4.69, 9.17) is 0 Å². The summed E-state index contributed by atoms with van der Waals surface area (Å²) in [5.74, 6) is 0. The zero-order valence-electron chi connectivity index (χ0n) is 12.2. The molecule has 0 aliphatic carbocycles. The maximum atomic E-state index is 4.08. The van der Waals surface area contributed by atoms with Gasteiger partial charge in [-0.2, -0.15) is 5.10 Å². The average molecular weight is 272 g/mol. The number of aromatic amines is 1. The summed E-state index contributed by atoms with van der Waals surface area (Å²) in [7, 11) is 0. The molecule has 20 heavy (non-hydrogen) atoms. The van der Waals surface area contributed by atoms with Crippen molar-refractivity contribution in [1.29, 1.82) is 0 Å². The van der Waals surface area contributed by atoms with Gasteiger partial charge in [0.05, 0.1) is 11.7 Å². The van der Waals surface area contributed by atoms with Gasteiger partial charge in [0.15, 0.2) is 0 Å². The summed E-state index contributed by atoms with van der Waals surface area (Å²) < 4.78 is 0. The monoisotopic (exact) mass is 272 g/mol. The Hall–Kier alpha value is -1.55. The molecule has 4 nitrogen and oxygen atoms in total. The minimum Gasteiger partial charge on any atom is -0.382 e. The van der Waals surface area contributed by atoms with E-state index in [-0.39, 0.29) is 0 Å². The molecule has 1 saturated heterocycles. The van der Waals surface area contributed by atoms with Crippen LogP contribution in [0.3, 0.4) is 0 Å². The Labute approximate surface area is 120 Å². The summed E-state index contributed by atoms with van der Waals surface area (Å²) in [5.41, 5.74) is 2.32. The van der Waals surface area contributed by atoms with E-state index in [0.29, 0.717) is 6.04 Å². The number of hydrogen-bond acceptors (Lipinski definition) is 3. The lowest BCUT2D eigenvalue weighted by Crippen LogP contribution is -2.27. The number of hydrogen-bond donors (Lipinski definition) is 2. The predicted octanol–water partition coefficient (Wildman–Crippen LogP) is 3.24. The molecule has 0 saturated carbocycles. The van der Waals surface area contributed by atoms with E-state index >= 15 is 0 Å². The predicted molar refractivity (Wildman–Crippen MR) is 84.1 cm³/mol. The molecule has 0 radical (unpaired) electrons. The second-order valence-corrected chi connectivity index (χ2v) is 5.79. The van der Waals surface area contributed by atoms with Crippen LogP contribution in [0, 0.1) is 0 Å². The number of nitrogens with one attached hydrogen (secondary N) is 2. The molecule has 2 aromatic rings. The van der Waals surface area contributed by atoms with Crippen LogP contribution in [0.15, 0.2) is 24.4 Å². The number of nitrogens with zero attached hydrogens (tertiary/aromatic N) is 2. The SMILES string of the molecule is CCCN1CCCC(Nc2ccc3[nH]ncc3c2)CC1. The maximum absolute atomic E-state index is 4.08. The summed E-state index contributed by atoms with van der Waals surface area (Å²) >= 11 is 0. The van der Waals surface area contributed by atoms with Crippen LogP contribution < -0.4 is 5.32 Å². The van der Waals surface area contributed by atoms with Crippen molar-refractivity contribution in [2.75, 3.05) is 25.0 Å². The van der Waals surface area contributed by atoms with Gasteiger partial charge in [-0.3, -0.25) is 5.10 Å². The molecule has 1 fully saturated rings. The van der Waals surface area contributed by atoms with Crippen LogP contribution in [0.5, 0.6) is 0 Å². The van der Waals surface area contributed by atoms with Gasteiger partial charge in [0.1, 0.15) is 0 Å². The topological polar surface area (TPSA) is 44.0 Å². The molecule has 1 atom stereocenters. The molecule has 0 bridgehead atoms. The number of aromatic nitrogens is 2. The van der Waals surface area contributed by atoms with E-state index in [0.717, 1.165) is 5.52 Å². The second kappa shape index (κ2) is 6.27. The maximum Gasteiger partial charge on any atom is 0.0651 e. The molecule has 1 aliphatic heterocycles. The highest BCUT2D eigenvalue weighted by atomic mass is 15.1. The molecule has 3 rings (SSSR count). The van der Waals surface area contributed by atoms with Gasteiger partial charge in [0.25, 0.3) is 0 Å². The number of H-pyrrole nitrogens is 1. The Morgan fingerprint density at radius 3 is 3.20 bits per heavy atom. The van der Waals surface area contributed by atoms with Crippen LogP contribution in [0.4, 0.5) is 5.69 Å². The standard InChI is InChI=1S/C16H24N4/c1-2-8-20-9-3-4-14(7-10-20)18-15-5-6-16-13(11-15)12-17-19-16/h5-6,11-12,14,18H,2-4,7-10H2,1H3,(H,17,19). The van der Waals surface area contributed by atoms with Crippen molar-refractivity contribution < 1.29 is 0 Å². The van der Waals surface area contributed by atoms with Gasteiger partial charge in [0, 0.05) is 23.7 Å². The number of likely N-dealkylation sites (tertiary alicyclic amines) is 1.